The number of pyridine rings is 1. The maximum atomic E-state index is 14.1. The molecule has 0 aliphatic carbocycles. The third kappa shape index (κ3) is 6.41. The predicted molar refractivity (Wildman–Crippen MR) is 126 cm³/mol. The van der Waals surface area contributed by atoms with Crippen LogP contribution in [-0.2, 0) is 6.54 Å². The van der Waals surface area contributed by atoms with Crippen molar-refractivity contribution in [3.8, 4) is 5.88 Å². The molecule has 1 fully saturated rings. The lowest BCUT2D eigenvalue weighted by molar-refractivity contribution is 0.323. The van der Waals surface area contributed by atoms with Gasteiger partial charge >= 0.3 is 0 Å². The van der Waals surface area contributed by atoms with Gasteiger partial charge in [-0.05, 0) is 38.5 Å². The van der Waals surface area contributed by atoms with E-state index in [1.165, 1.54) is 12.1 Å². The smallest absolute Gasteiger partial charge is 0.218 e. The summed E-state index contributed by atoms with van der Waals surface area (Å²) in [6.07, 6.45) is 2.53. The molecule has 164 valence electrons. The molecule has 0 radical (unpaired) electrons. The number of nitrogens with one attached hydrogen (secondary N) is 2. The molecule has 1 unspecified atom stereocenters. The Morgan fingerprint density at radius 3 is 2.87 bits per heavy atom. The minimum absolute atomic E-state index is 0. The van der Waals surface area contributed by atoms with Crippen molar-refractivity contribution in [3.63, 3.8) is 0 Å². The van der Waals surface area contributed by atoms with Crippen LogP contribution in [-0.4, -0.2) is 43.2 Å². The van der Waals surface area contributed by atoms with E-state index in [0.717, 1.165) is 24.6 Å². The fourth-order valence-corrected chi connectivity index (χ4v) is 3.32. The van der Waals surface area contributed by atoms with Gasteiger partial charge in [-0.2, -0.15) is 0 Å². The van der Waals surface area contributed by atoms with Crippen molar-refractivity contribution in [1.82, 2.24) is 15.6 Å². The standard InChI is InChI=1S/C21H27F2N5O.HI/c1-3-24-21(26-13-15-6-5-10-25-20(15)29-4-2)27-17-9-11-28(14-17)19-8-7-16(22)12-18(19)23;/h5-8,10,12,17H,3-4,9,11,13-14H2,1-2H3,(H2,24,26,27);1H. The number of guanidine groups is 1. The van der Waals surface area contributed by atoms with Gasteiger partial charge in [0.1, 0.15) is 11.6 Å². The molecule has 1 aliphatic rings. The van der Waals surface area contributed by atoms with E-state index < -0.39 is 11.6 Å². The van der Waals surface area contributed by atoms with Gasteiger partial charge in [0, 0.05) is 43.5 Å². The molecule has 1 aromatic heterocycles. The van der Waals surface area contributed by atoms with Gasteiger partial charge in [0.05, 0.1) is 18.8 Å². The number of hydrogen-bond acceptors (Lipinski definition) is 4. The first-order chi connectivity index (χ1) is 14.1. The van der Waals surface area contributed by atoms with Crippen LogP contribution in [0.4, 0.5) is 14.5 Å². The number of benzene rings is 1. The molecule has 1 aromatic carbocycles. The summed E-state index contributed by atoms with van der Waals surface area (Å²) in [5.41, 5.74) is 1.34. The van der Waals surface area contributed by atoms with Crippen molar-refractivity contribution < 1.29 is 13.5 Å². The van der Waals surface area contributed by atoms with Crippen molar-refractivity contribution in [1.29, 1.82) is 0 Å². The van der Waals surface area contributed by atoms with E-state index >= 15 is 0 Å². The minimum Gasteiger partial charge on any atom is -0.478 e. The Morgan fingerprint density at radius 2 is 2.13 bits per heavy atom. The summed E-state index contributed by atoms with van der Waals surface area (Å²) in [4.78, 5) is 10.8. The zero-order valence-electron chi connectivity index (χ0n) is 17.2. The van der Waals surface area contributed by atoms with Crippen LogP contribution in [0.5, 0.6) is 5.88 Å². The normalized spacial score (nSPS) is 16.2. The second-order valence-corrected chi connectivity index (χ2v) is 6.77. The van der Waals surface area contributed by atoms with Crippen LogP contribution in [0.1, 0.15) is 25.8 Å². The number of ether oxygens (including phenoxy) is 1. The molecule has 2 aromatic rings. The number of hydrogen-bond donors (Lipinski definition) is 2. The van der Waals surface area contributed by atoms with Crippen molar-refractivity contribution in [2.24, 2.45) is 4.99 Å². The maximum absolute atomic E-state index is 14.1. The topological polar surface area (TPSA) is 61.8 Å². The molecule has 6 nitrogen and oxygen atoms in total. The van der Waals surface area contributed by atoms with E-state index in [-0.39, 0.29) is 30.0 Å². The molecule has 3 rings (SSSR count). The fraction of sp³-hybridized carbons (Fsp3) is 0.429. The Hall–Kier alpha value is -2.17. The largest absolute Gasteiger partial charge is 0.478 e. The van der Waals surface area contributed by atoms with Crippen molar-refractivity contribution in [2.45, 2.75) is 32.9 Å². The minimum atomic E-state index is -0.566. The Morgan fingerprint density at radius 1 is 1.30 bits per heavy atom. The number of rotatable bonds is 7. The molecule has 0 spiro atoms. The van der Waals surface area contributed by atoms with E-state index in [1.54, 1.807) is 6.20 Å². The highest BCUT2D eigenvalue weighted by Crippen LogP contribution is 2.24. The molecule has 1 aliphatic heterocycles. The van der Waals surface area contributed by atoms with Gasteiger partial charge in [-0.1, -0.05) is 6.07 Å². The molecular weight excluding hydrogens is 503 g/mol. The zero-order chi connectivity index (χ0) is 20.6. The molecule has 2 N–H and O–H groups in total. The van der Waals surface area contributed by atoms with Crippen molar-refractivity contribution in [3.05, 3.63) is 53.7 Å². The van der Waals surface area contributed by atoms with E-state index in [1.807, 2.05) is 30.9 Å². The van der Waals surface area contributed by atoms with E-state index in [0.29, 0.717) is 43.8 Å². The molecule has 30 heavy (non-hydrogen) atoms. The first kappa shape index (κ1) is 24.1. The molecule has 0 saturated carbocycles. The Labute approximate surface area is 193 Å². The van der Waals surface area contributed by atoms with Gasteiger partial charge in [-0.15, -0.1) is 24.0 Å². The third-order valence-corrected chi connectivity index (χ3v) is 4.66. The molecule has 1 atom stereocenters. The number of anilines is 1. The van der Waals surface area contributed by atoms with E-state index in [4.69, 9.17) is 4.74 Å². The fourth-order valence-electron chi connectivity index (χ4n) is 3.32. The van der Waals surface area contributed by atoms with Gasteiger partial charge in [0.2, 0.25) is 5.88 Å². The van der Waals surface area contributed by atoms with Gasteiger partial charge in [-0.3, -0.25) is 0 Å². The van der Waals surface area contributed by atoms with E-state index in [9.17, 15) is 8.78 Å². The monoisotopic (exact) mass is 531 g/mol. The first-order valence-electron chi connectivity index (χ1n) is 9.92. The summed E-state index contributed by atoms with van der Waals surface area (Å²) >= 11 is 0. The Bertz CT molecular complexity index is 852. The molecular formula is C21H28F2IN5O. The molecule has 2 heterocycles. The van der Waals surface area contributed by atoms with Gasteiger partial charge in [-0.25, -0.2) is 18.8 Å². The SMILES string of the molecule is CCNC(=NCc1cccnc1OCC)NC1CCN(c2ccc(F)cc2F)C1.I. The number of nitrogens with zero attached hydrogens (tertiary/aromatic N) is 3. The number of halogens is 3. The van der Waals surface area contributed by atoms with Crippen molar-refractivity contribution >= 4 is 35.6 Å². The predicted octanol–water partition coefficient (Wildman–Crippen LogP) is 3.71. The summed E-state index contributed by atoms with van der Waals surface area (Å²) in [5.74, 6) is 0.174. The summed E-state index contributed by atoms with van der Waals surface area (Å²) in [5, 5.41) is 6.65. The average Bonchev–Trinajstić information content (AvgIpc) is 3.15. The maximum Gasteiger partial charge on any atom is 0.218 e. The highest BCUT2D eigenvalue weighted by molar-refractivity contribution is 14.0. The summed E-state index contributed by atoms with van der Waals surface area (Å²) in [6.45, 7) is 6.93. The third-order valence-electron chi connectivity index (χ3n) is 4.66. The summed E-state index contributed by atoms with van der Waals surface area (Å²) in [6, 6.07) is 7.61. The van der Waals surface area contributed by atoms with Crippen LogP contribution in [0, 0.1) is 11.6 Å². The average molecular weight is 531 g/mol. The van der Waals surface area contributed by atoms with Gasteiger partial charge in [0.25, 0.3) is 0 Å². The second kappa shape index (κ2) is 11.9. The van der Waals surface area contributed by atoms with Crippen LogP contribution >= 0.6 is 24.0 Å². The lowest BCUT2D eigenvalue weighted by Crippen LogP contribution is -2.44. The summed E-state index contributed by atoms with van der Waals surface area (Å²) < 4.78 is 32.8. The lowest BCUT2D eigenvalue weighted by Gasteiger charge is -2.21. The summed E-state index contributed by atoms with van der Waals surface area (Å²) in [7, 11) is 0. The van der Waals surface area contributed by atoms with Crippen LogP contribution in [0.25, 0.3) is 0 Å². The second-order valence-electron chi connectivity index (χ2n) is 6.77. The van der Waals surface area contributed by atoms with Crippen LogP contribution in [0.15, 0.2) is 41.5 Å². The number of aromatic nitrogens is 1. The number of aliphatic imine (C=N–C) groups is 1. The first-order valence-corrected chi connectivity index (χ1v) is 9.92. The van der Waals surface area contributed by atoms with Crippen LogP contribution in [0.3, 0.4) is 0 Å². The highest BCUT2D eigenvalue weighted by atomic mass is 127. The van der Waals surface area contributed by atoms with Gasteiger partial charge in [0.15, 0.2) is 5.96 Å². The highest BCUT2D eigenvalue weighted by Gasteiger charge is 2.25. The molecule has 1 saturated heterocycles. The lowest BCUT2D eigenvalue weighted by atomic mass is 10.2. The Balaban J connectivity index is 0.00000320. The van der Waals surface area contributed by atoms with Gasteiger partial charge < -0.3 is 20.3 Å². The van der Waals surface area contributed by atoms with Crippen LogP contribution < -0.4 is 20.3 Å². The molecule has 0 amide bonds. The zero-order valence-corrected chi connectivity index (χ0v) is 19.5. The van der Waals surface area contributed by atoms with Crippen molar-refractivity contribution in [2.75, 3.05) is 31.1 Å². The molecule has 0 bridgehead atoms. The molecule has 9 heteroatoms. The van der Waals surface area contributed by atoms with Crippen LogP contribution in [0.2, 0.25) is 0 Å². The van der Waals surface area contributed by atoms with E-state index in [2.05, 4.69) is 20.6 Å². The Kier molecular flexibility index (Phi) is 9.54. The quantitative estimate of drug-likeness (QED) is 0.324.